The molecule has 1 unspecified atom stereocenters. The zero-order chi connectivity index (χ0) is 26.0. The van der Waals surface area contributed by atoms with E-state index < -0.39 is 16.2 Å². The summed E-state index contributed by atoms with van der Waals surface area (Å²) in [5, 5.41) is 20.3. The first-order chi connectivity index (χ1) is 16.6. The van der Waals surface area contributed by atoms with Crippen LogP contribution in [0.25, 0.3) is 0 Å². The molecule has 0 aliphatic carbocycles. The first-order valence-corrected chi connectivity index (χ1v) is 14.7. The molecule has 0 bridgehead atoms. The second-order valence-electron chi connectivity index (χ2n) is 8.04. The predicted molar refractivity (Wildman–Crippen MR) is 156 cm³/mol. The first kappa shape index (κ1) is 32.2. The van der Waals surface area contributed by atoms with E-state index >= 15 is 0 Å². The third-order valence-corrected chi connectivity index (χ3v) is 6.77. The lowest BCUT2D eigenvalue weighted by Crippen LogP contribution is -2.22. The lowest BCUT2D eigenvalue weighted by molar-refractivity contribution is 0.206. The molecule has 0 saturated carbocycles. The number of halogens is 1. The Morgan fingerprint density at radius 1 is 1.06 bits per heavy atom. The van der Waals surface area contributed by atoms with E-state index in [9.17, 15) is 18.6 Å². The summed E-state index contributed by atoms with van der Waals surface area (Å²) >= 11 is 5.22. The molecule has 0 spiro atoms. The van der Waals surface area contributed by atoms with Crippen LogP contribution in [-0.2, 0) is 16.7 Å². The molecule has 0 heterocycles. The standard InChI is InChI=1S/C24H26BrNO5S.C2H6S.BH3/c1-17-6-9-22(10-7-17)32(29,30)31-21-5-3-4-18(15-21)24(28)23-11-8-20(25)14-19(23)16-26(2)12-13-27;1-3-2;/h3-11,14-15,24,27-28H,12-13,16H2,1-2H3;1-2H3;1H3. The van der Waals surface area contributed by atoms with Gasteiger partial charge in [0.25, 0.3) is 0 Å². The van der Waals surface area contributed by atoms with E-state index in [4.69, 9.17) is 4.18 Å². The van der Waals surface area contributed by atoms with Crippen molar-refractivity contribution in [3.8, 4) is 5.75 Å². The van der Waals surface area contributed by atoms with Crippen molar-refractivity contribution in [2.45, 2.75) is 24.5 Å². The van der Waals surface area contributed by atoms with E-state index in [0.717, 1.165) is 15.6 Å². The van der Waals surface area contributed by atoms with Gasteiger partial charge in [-0.15, -0.1) is 0 Å². The van der Waals surface area contributed by atoms with Crippen LogP contribution in [0.15, 0.2) is 76.1 Å². The molecule has 0 radical (unpaired) electrons. The van der Waals surface area contributed by atoms with Gasteiger partial charge in [0.1, 0.15) is 16.7 Å². The number of hydrogen-bond acceptors (Lipinski definition) is 7. The molecular weight excluding hydrogens is 561 g/mol. The number of likely N-dealkylation sites (N-methyl/N-ethyl adjacent to an activating group) is 1. The van der Waals surface area contributed by atoms with Crippen LogP contribution >= 0.6 is 27.7 Å². The number of benzene rings is 3. The summed E-state index contributed by atoms with van der Waals surface area (Å²) < 4.78 is 31.4. The molecule has 6 nitrogen and oxygen atoms in total. The number of aliphatic hydroxyl groups excluding tert-OH is 2. The zero-order valence-corrected chi connectivity index (χ0v) is 23.5. The topological polar surface area (TPSA) is 87.1 Å². The molecule has 3 aromatic rings. The van der Waals surface area contributed by atoms with Crippen LogP contribution in [-0.4, -0.2) is 64.7 Å². The largest absolute Gasteiger partial charge is 0.395 e. The van der Waals surface area contributed by atoms with E-state index in [1.54, 1.807) is 42.1 Å². The van der Waals surface area contributed by atoms with Gasteiger partial charge in [-0.1, -0.05) is 51.8 Å². The second kappa shape index (κ2) is 15.4. The fourth-order valence-corrected chi connectivity index (χ4v) is 4.65. The van der Waals surface area contributed by atoms with Crippen molar-refractivity contribution < 1.29 is 22.8 Å². The molecule has 10 heteroatoms. The van der Waals surface area contributed by atoms with Crippen molar-refractivity contribution in [3.05, 3.63) is 93.5 Å². The van der Waals surface area contributed by atoms with Crippen LogP contribution in [0.3, 0.4) is 0 Å². The Hall–Kier alpha value is -1.82. The third kappa shape index (κ3) is 9.57. The SMILES string of the molecule is B.CSC.Cc1ccc(S(=O)(=O)Oc2cccc(C(O)c3ccc(Br)cc3CN(C)CCO)c2)cc1. The fraction of sp³-hybridized carbons (Fsp3) is 0.308. The van der Waals surface area contributed by atoms with Crippen LogP contribution in [0.5, 0.6) is 5.75 Å². The second-order valence-corrected chi connectivity index (χ2v) is 11.3. The zero-order valence-electron chi connectivity index (χ0n) is 20.3. The lowest BCUT2D eigenvalue weighted by Gasteiger charge is -2.21. The van der Waals surface area contributed by atoms with Gasteiger partial charge in [0.2, 0.25) is 0 Å². The Kier molecular flexibility index (Phi) is 13.8. The summed E-state index contributed by atoms with van der Waals surface area (Å²) in [7, 11) is -2.10. The molecule has 3 rings (SSSR count). The highest BCUT2D eigenvalue weighted by Crippen LogP contribution is 2.30. The Morgan fingerprint density at radius 2 is 1.69 bits per heavy atom. The predicted octanol–water partition coefficient (Wildman–Crippen LogP) is 3.83. The number of hydrogen-bond donors (Lipinski definition) is 2. The number of thioether (sulfide) groups is 1. The number of aliphatic hydroxyl groups is 2. The summed E-state index contributed by atoms with van der Waals surface area (Å²) in [5.74, 6) is 0.123. The van der Waals surface area contributed by atoms with E-state index in [1.165, 1.54) is 18.2 Å². The highest BCUT2D eigenvalue weighted by molar-refractivity contribution is 9.10. The normalized spacial score (nSPS) is 11.8. The molecule has 0 fully saturated rings. The molecule has 2 N–H and O–H groups in total. The molecule has 0 aliphatic rings. The maximum atomic E-state index is 12.6. The molecule has 0 aromatic heterocycles. The Bertz CT molecular complexity index is 1190. The van der Waals surface area contributed by atoms with Gasteiger partial charge in [-0.25, -0.2) is 0 Å². The maximum Gasteiger partial charge on any atom is 0.339 e. The van der Waals surface area contributed by atoms with Gasteiger partial charge < -0.3 is 14.4 Å². The van der Waals surface area contributed by atoms with Crippen molar-refractivity contribution in [2.24, 2.45) is 0 Å². The molecular formula is C26H35BBrNO5S2. The third-order valence-electron chi connectivity index (χ3n) is 5.01. The van der Waals surface area contributed by atoms with Gasteiger partial charge in [0.05, 0.1) is 15.0 Å². The van der Waals surface area contributed by atoms with Crippen molar-refractivity contribution in [1.82, 2.24) is 4.90 Å². The molecule has 0 amide bonds. The minimum Gasteiger partial charge on any atom is -0.395 e. The van der Waals surface area contributed by atoms with Gasteiger partial charge in [-0.05, 0) is 79.6 Å². The van der Waals surface area contributed by atoms with Crippen LogP contribution < -0.4 is 4.18 Å². The molecule has 1 atom stereocenters. The van der Waals surface area contributed by atoms with Crippen molar-refractivity contribution in [3.63, 3.8) is 0 Å². The van der Waals surface area contributed by atoms with Gasteiger partial charge in [-0.2, -0.15) is 20.2 Å². The summed E-state index contributed by atoms with van der Waals surface area (Å²) in [6.45, 7) is 2.95. The molecule has 36 heavy (non-hydrogen) atoms. The first-order valence-electron chi connectivity index (χ1n) is 10.9. The van der Waals surface area contributed by atoms with Crippen molar-refractivity contribution in [2.75, 3.05) is 32.7 Å². The lowest BCUT2D eigenvalue weighted by atomic mass is 9.96. The highest BCUT2D eigenvalue weighted by atomic mass is 79.9. The van der Waals surface area contributed by atoms with Gasteiger partial charge in [0.15, 0.2) is 0 Å². The minimum absolute atomic E-state index is 0. The quantitative estimate of drug-likeness (QED) is 0.287. The molecule has 196 valence electrons. The van der Waals surface area contributed by atoms with Gasteiger partial charge in [-0.3, -0.25) is 4.90 Å². The minimum atomic E-state index is -3.99. The van der Waals surface area contributed by atoms with Crippen LogP contribution in [0, 0.1) is 6.92 Å². The Labute approximate surface area is 229 Å². The van der Waals surface area contributed by atoms with E-state index in [1.807, 2.05) is 49.6 Å². The Morgan fingerprint density at radius 3 is 2.31 bits per heavy atom. The van der Waals surface area contributed by atoms with Crippen LogP contribution in [0.2, 0.25) is 0 Å². The fourth-order valence-electron chi connectivity index (χ4n) is 3.31. The molecule has 0 saturated heterocycles. The smallest absolute Gasteiger partial charge is 0.339 e. The van der Waals surface area contributed by atoms with Crippen LogP contribution in [0.4, 0.5) is 0 Å². The number of nitrogens with zero attached hydrogens (tertiary/aromatic N) is 1. The van der Waals surface area contributed by atoms with Gasteiger partial charge >= 0.3 is 10.1 Å². The van der Waals surface area contributed by atoms with Crippen molar-refractivity contribution >= 4 is 46.2 Å². The molecule has 3 aromatic carbocycles. The van der Waals surface area contributed by atoms with Gasteiger partial charge in [0, 0.05) is 17.6 Å². The van der Waals surface area contributed by atoms with E-state index in [-0.39, 0.29) is 25.7 Å². The van der Waals surface area contributed by atoms with E-state index in [2.05, 4.69) is 15.9 Å². The average molecular weight is 596 g/mol. The number of aryl methyl sites for hydroxylation is 1. The molecule has 0 aliphatic heterocycles. The monoisotopic (exact) mass is 595 g/mol. The highest BCUT2D eigenvalue weighted by Gasteiger charge is 2.20. The average Bonchev–Trinajstić information content (AvgIpc) is 2.80. The Balaban J connectivity index is 0.00000154. The van der Waals surface area contributed by atoms with Crippen molar-refractivity contribution in [1.29, 1.82) is 0 Å². The number of rotatable bonds is 9. The maximum absolute atomic E-state index is 12.6. The van der Waals surface area contributed by atoms with Crippen LogP contribution in [0.1, 0.15) is 28.4 Å². The summed E-state index contributed by atoms with van der Waals surface area (Å²) in [6.07, 6.45) is 3.10. The summed E-state index contributed by atoms with van der Waals surface area (Å²) in [6, 6.07) is 18.4. The van der Waals surface area contributed by atoms with E-state index in [0.29, 0.717) is 24.2 Å². The summed E-state index contributed by atoms with van der Waals surface area (Å²) in [5.41, 5.74) is 3.04. The summed E-state index contributed by atoms with van der Waals surface area (Å²) in [4.78, 5) is 2.02.